The maximum atomic E-state index is 10.8. The van der Waals surface area contributed by atoms with Gasteiger partial charge in [-0.2, -0.15) is 18.4 Å². The second kappa shape index (κ2) is 31.6. The number of aromatic nitrogens is 12. The van der Waals surface area contributed by atoms with Gasteiger partial charge in [0.2, 0.25) is 0 Å². The molecular weight excluding hydrogens is 978 g/mol. The standard InChI is InChI=1S/C9H16N4O.C8H14N4O2.C6H12N4.C6H12O2.C5H13BO2.C5H13O3P.C5H12O3S/c1-7(14)6-13-11-8(10-12-13)5-9(2,3)4;1-8(2,3)4-6-9-10-11-12(6)5-7(13)14;1-6(2,3)4-5-7-9-10-8-5;1-6(2,3)4-5(7)8;1-5(2,3)4-6(7)8;2*1-5(2,3)4-9(6,7)8/h5-6H2,1-4H3;4-5H2,1-3H3,(H,13,14);4H2,1-3H3,(H,7,8,9,10);4H2,1-3H3,(H,7,8);7-8H,4H2,1-3H3;4H2,1-3H3,(H2,6,7,8);4H2,1-3H3,(H,6,7,8). The highest BCUT2D eigenvalue weighted by atomic mass is 32.2. The van der Waals surface area contributed by atoms with Crippen molar-refractivity contribution >= 4 is 42.6 Å². The smallest absolute Gasteiger partial charge is 0.451 e. The molecule has 3 heterocycles. The number of carbonyl (C=O) groups excluding carboxylic acids is 1. The van der Waals surface area contributed by atoms with Crippen LogP contribution in [0.2, 0.25) is 6.32 Å². The summed E-state index contributed by atoms with van der Waals surface area (Å²) in [6.07, 6.45) is 2.93. The zero-order chi connectivity index (χ0) is 58.1. The lowest BCUT2D eigenvalue weighted by atomic mass is 9.72. The summed E-state index contributed by atoms with van der Waals surface area (Å²) in [4.78, 5) is 49.5. The van der Waals surface area contributed by atoms with Crippen molar-refractivity contribution in [3.8, 4) is 0 Å². The summed E-state index contributed by atoms with van der Waals surface area (Å²) in [6, 6.07) is 0. The summed E-state index contributed by atoms with van der Waals surface area (Å²) in [7, 11) is -8.73. The Labute approximate surface area is 429 Å². The van der Waals surface area contributed by atoms with Crippen LogP contribution in [0.1, 0.15) is 176 Å². The number of nitrogens with zero attached hydrogens (tertiary/aromatic N) is 11. The van der Waals surface area contributed by atoms with Crippen molar-refractivity contribution in [2.45, 2.75) is 197 Å². The van der Waals surface area contributed by atoms with Crippen LogP contribution in [0.5, 0.6) is 0 Å². The van der Waals surface area contributed by atoms with E-state index in [2.05, 4.69) is 93.1 Å². The number of hydrogen-bond donors (Lipinski definition) is 8. The van der Waals surface area contributed by atoms with Gasteiger partial charge in [0.15, 0.2) is 23.3 Å². The van der Waals surface area contributed by atoms with Gasteiger partial charge in [-0.05, 0) is 66.8 Å². The number of rotatable bonds is 11. The Kier molecular flexibility index (Phi) is 32.6. The molecule has 28 heteroatoms. The molecule has 0 atom stereocenters. The summed E-state index contributed by atoms with van der Waals surface area (Å²) in [5, 5.41) is 70.0. The number of tetrazole rings is 3. The summed E-state index contributed by atoms with van der Waals surface area (Å²) in [5.74, 6) is 0.279. The molecule has 72 heavy (non-hydrogen) atoms. The van der Waals surface area contributed by atoms with E-state index in [4.69, 9.17) is 34.6 Å². The molecule has 0 aliphatic carbocycles. The predicted molar refractivity (Wildman–Crippen MR) is 276 cm³/mol. The fraction of sp³-hybridized carbons (Fsp3) is 0.864. The average Bonchev–Trinajstić information content (AvgIpc) is 3.78. The normalized spacial score (nSPS) is 12.2. The van der Waals surface area contributed by atoms with Gasteiger partial charge in [0.1, 0.15) is 13.1 Å². The molecule has 25 nitrogen and oxygen atoms in total. The highest BCUT2D eigenvalue weighted by molar-refractivity contribution is 7.85. The molecule has 0 spiro atoms. The largest absolute Gasteiger partial charge is 0.481 e. The number of carboxylic acid groups (broad SMARTS) is 2. The predicted octanol–water partition coefficient (Wildman–Crippen LogP) is 6.13. The van der Waals surface area contributed by atoms with Crippen molar-refractivity contribution in [2.24, 2.45) is 37.9 Å². The topological polar surface area (TPSA) is 386 Å². The van der Waals surface area contributed by atoms with Crippen LogP contribution in [0.25, 0.3) is 0 Å². The number of ketones is 1. The minimum atomic E-state index is -3.79. The van der Waals surface area contributed by atoms with E-state index in [0.29, 0.717) is 24.4 Å². The minimum Gasteiger partial charge on any atom is -0.481 e. The molecule has 0 unspecified atom stereocenters. The minimum absolute atomic E-state index is 0.0220. The van der Waals surface area contributed by atoms with Gasteiger partial charge in [-0.15, -0.1) is 25.5 Å². The van der Waals surface area contributed by atoms with Crippen LogP contribution in [0, 0.1) is 37.9 Å². The third-order valence-corrected chi connectivity index (χ3v) is 9.57. The molecule has 8 N–H and O–H groups in total. The van der Waals surface area contributed by atoms with Gasteiger partial charge in [0.25, 0.3) is 10.1 Å². The summed E-state index contributed by atoms with van der Waals surface area (Å²) < 4.78 is 40.4. The van der Waals surface area contributed by atoms with Crippen molar-refractivity contribution in [1.82, 2.24) is 61.0 Å². The van der Waals surface area contributed by atoms with E-state index in [1.54, 1.807) is 41.5 Å². The summed E-state index contributed by atoms with van der Waals surface area (Å²) in [5.41, 5.74) is -0.258. The highest BCUT2D eigenvalue weighted by Gasteiger charge is 2.24. The molecule has 0 saturated carbocycles. The van der Waals surface area contributed by atoms with Crippen LogP contribution < -0.4 is 0 Å². The molecule has 0 radical (unpaired) electrons. The van der Waals surface area contributed by atoms with Gasteiger partial charge in [-0.1, -0.05) is 151 Å². The van der Waals surface area contributed by atoms with Crippen LogP contribution in [0.4, 0.5) is 0 Å². The van der Waals surface area contributed by atoms with Gasteiger partial charge in [0.05, 0.1) is 18.3 Å². The molecule has 0 aliphatic rings. The summed E-state index contributed by atoms with van der Waals surface area (Å²) in [6.45, 7) is 42.7. The first-order chi connectivity index (χ1) is 31.6. The Morgan fingerprint density at radius 3 is 1.35 bits per heavy atom. The fourth-order valence-electron chi connectivity index (χ4n) is 5.06. The lowest BCUT2D eigenvalue weighted by Crippen LogP contribution is -2.19. The SMILES string of the molecule is CC(=O)Cn1nnc(CC(C)(C)C)n1.CC(C)(C)CB(O)O.CC(C)(C)CC(=O)O.CC(C)(C)CP(=O)(O)O.CC(C)(C)CS(=O)(=O)O.CC(C)(C)Cc1nn[nH]n1.CC(C)(C)Cc1nnnn1CC(=O)O. The first-order valence-corrected chi connectivity index (χ1v) is 26.5. The van der Waals surface area contributed by atoms with E-state index >= 15 is 0 Å². The molecule has 0 amide bonds. The monoisotopic (exact) mass is 1070 g/mol. The van der Waals surface area contributed by atoms with Crippen molar-refractivity contribution < 1.29 is 62.0 Å². The van der Waals surface area contributed by atoms with Crippen LogP contribution in [0.3, 0.4) is 0 Å². The maximum absolute atomic E-state index is 10.8. The second-order valence-electron chi connectivity index (χ2n) is 25.7. The summed E-state index contributed by atoms with van der Waals surface area (Å²) >= 11 is 0. The third-order valence-electron chi connectivity index (χ3n) is 6.98. The van der Waals surface area contributed by atoms with Crippen molar-refractivity contribution in [3.63, 3.8) is 0 Å². The van der Waals surface area contributed by atoms with Crippen molar-refractivity contribution in [3.05, 3.63) is 17.5 Å². The molecular formula is C44H92BN12O13PS. The average molecular weight is 1070 g/mol. The lowest BCUT2D eigenvalue weighted by Gasteiger charge is -2.17. The fourth-order valence-corrected chi connectivity index (χ4v) is 7.39. The Morgan fingerprint density at radius 1 is 0.625 bits per heavy atom. The number of aliphatic carboxylic acids is 2. The number of carbonyl (C=O) groups is 3. The number of Topliss-reactive ketones (excluding diaryl/α,β-unsaturated/α-hetero) is 1. The van der Waals surface area contributed by atoms with Crippen molar-refractivity contribution in [2.75, 3.05) is 11.9 Å². The van der Waals surface area contributed by atoms with Gasteiger partial charge in [-0.25, -0.2) is 4.68 Å². The molecule has 3 aromatic heterocycles. The van der Waals surface area contributed by atoms with Gasteiger partial charge >= 0.3 is 26.7 Å². The van der Waals surface area contributed by atoms with E-state index in [1.165, 1.54) is 16.4 Å². The Balaban J connectivity index is -0.000000380. The van der Waals surface area contributed by atoms with Gasteiger partial charge < -0.3 is 30.0 Å². The van der Waals surface area contributed by atoms with Crippen LogP contribution >= 0.6 is 7.60 Å². The second-order valence-corrected chi connectivity index (χ2v) is 28.8. The zero-order valence-electron chi connectivity index (χ0n) is 47.3. The number of H-pyrrole nitrogens is 1. The zero-order valence-corrected chi connectivity index (χ0v) is 49.0. The van der Waals surface area contributed by atoms with E-state index in [0.717, 1.165) is 18.7 Å². The maximum Gasteiger partial charge on any atom is 0.451 e. The molecule has 0 bridgehead atoms. The molecule has 0 fully saturated rings. The molecule has 3 rings (SSSR count). The molecule has 3 aromatic rings. The van der Waals surface area contributed by atoms with Crippen LogP contribution in [-0.4, -0.2) is 141 Å². The van der Waals surface area contributed by atoms with Crippen molar-refractivity contribution in [1.29, 1.82) is 0 Å². The van der Waals surface area contributed by atoms with Gasteiger partial charge in [-0.3, -0.25) is 23.5 Å². The third kappa shape index (κ3) is 62.0. The van der Waals surface area contributed by atoms with Crippen LogP contribution in [0.15, 0.2) is 0 Å². The number of carboxylic acids is 2. The first-order valence-electron chi connectivity index (χ1n) is 23.1. The Bertz CT molecular complexity index is 2130. The molecule has 420 valence electrons. The van der Waals surface area contributed by atoms with Gasteiger partial charge in [0, 0.05) is 19.3 Å². The first kappa shape index (κ1) is 74.4. The number of nitrogens with one attached hydrogen (secondary N) is 1. The van der Waals surface area contributed by atoms with E-state index in [9.17, 15) is 27.4 Å². The lowest BCUT2D eigenvalue weighted by molar-refractivity contribution is -0.139. The molecule has 0 saturated heterocycles. The Hall–Kier alpha value is -4.14. The number of hydrogen-bond acceptors (Lipinski definition) is 17. The number of aromatic amines is 1. The quantitative estimate of drug-likeness (QED) is 0.0608. The molecule has 0 aromatic carbocycles. The van der Waals surface area contributed by atoms with E-state index < -0.39 is 36.8 Å². The Morgan fingerprint density at radius 2 is 1.10 bits per heavy atom. The molecule has 0 aliphatic heterocycles. The van der Waals surface area contributed by atoms with Crippen LogP contribution in [-0.2, 0) is 61.4 Å². The van der Waals surface area contributed by atoms with E-state index in [-0.39, 0.29) is 75.1 Å². The highest BCUT2D eigenvalue weighted by Crippen LogP contribution is 2.41. The van der Waals surface area contributed by atoms with E-state index in [1.807, 2.05) is 62.3 Å².